The smallest absolute Gasteiger partial charge is 0.379 e. The molecule has 0 aromatic heterocycles. The number of nitrogens with one attached hydrogen (secondary N) is 2. The molecular formula is C18H27F3N4O. The van der Waals surface area contributed by atoms with Gasteiger partial charge in [-0.15, -0.1) is 0 Å². The first-order valence-electron chi connectivity index (χ1n) is 8.93. The average Bonchev–Trinajstić information content (AvgIpc) is 2.61. The fraction of sp³-hybridized carbons (Fsp3) is 0.611. The predicted molar refractivity (Wildman–Crippen MR) is 96.0 cm³/mol. The summed E-state index contributed by atoms with van der Waals surface area (Å²) >= 11 is 0. The number of alkyl halides is 3. The van der Waals surface area contributed by atoms with Crippen molar-refractivity contribution in [3.8, 4) is 0 Å². The maximum atomic E-state index is 12.2. The van der Waals surface area contributed by atoms with Gasteiger partial charge < -0.3 is 15.4 Å². The van der Waals surface area contributed by atoms with Crippen LogP contribution in [0, 0.1) is 0 Å². The van der Waals surface area contributed by atoms with Gasteiger partial charge in [-0.1, -0.05) is 24.3 Å². The molecule has 26 heavy (non-hydrogen) atoms. The molecule has 0 unspecified atom stereocenters. The lowest BCUT2D eigenvalue weighted by atomic mass is 10.1. The second-order valence-electron chi connectivity index (χ2n) is 6.19. The minimum absolute atomic E-state index is 0.187. The van der Waals surface area contributed by atoms with E-state index in [-0.39, 0.29) is 6.54 Å². The van der Waals surface area contributed by atoms with Gasteiger partial charge in [0.25, 0.3) is 0 Å². The fourth-order valence-corrected chi connectivity index (χ4v) is 2.60. The van der Waals surface area contributed by atoms with E-state index in [9.17, 15) is 13.2 Å². The van der Waals surface area contributed by atoms with E-state index < -0.39 is 12.6 Å². The van der Waals surface area contributed by atoms with E-state index in [0.29, 0.717) is 19.0 Å². The van der Waals surface area contributed by atoms with Crippen molar-refractivity contribution in [2.75, 3.05) is 39.4 Å². The van der Waals surface area contributed by atoms with Crippen LogP contribution in [0.3, 0.4) is 0 Å². The lowest BCUT2D eigenvalue weighted by Crippen LogP contribution is -2.38. The number of ether oxygens (including phenoxy) is 1. The number of aliphatic imine (C=N–C) groups is 1. The summed E-state index contributed by atoms with van der Waals surface area (Å²) < 4.78 is 42.1. The summed E-state index contributed by atoms with van der Waals surface area (Å²) in [6.07, 6.45) is -5.05. The van der Waals surface area contributed by atoms with E-state index in [4.69, 9.17) is 4.74 Å². The standard InChI is InChI=1S/C18H27F3N4O/c1-2-22-17(23-8-7-18(19,20)21)24-13-15-3-5-16(6-4-15)14-25-9-11-26-12-10-25/h3-6H,2,7-14H2,1H3,(H2,22,23,24). The molecule has 0 aliphatic carbocycles. The maximum absolute atomic E-state index is 12.2. The molecule has 1 fully saturated rings. The van der Waals surface area contributed by atoms with Crippen molar-refractivity contribution in [2.24, 2.45) is 4.99 Å². The quantitative estimate of drug-likeness (QED) is 0.570. The molecule has 5 nitrogen and oxygen atoms in total. The van der Waals surface area contributed by atoms with Crippen LogP contribution in [0.2, 0.25) is 0 Å². The van der Waals surface area contributed by atoms with E-state index in [1.807, 2.05) is 19.1 Å². The highest BCUT2D eigenvalue weighted by Crippen LogP contribution is 2.18. The van der Waals surface area contributed by atoms with Crippen molar-refractivity contribution >= 4 is 5.96 Å². The van der Waals surface area contributed by atoms with Gasteiger partial charge in [-0.2, -0.15) is 13.2 Å². The minimum atomic E-state index is -4.17. The van der Waals surface area contributed by atoms with Crippen LogP contribution in [0.4, 0.5) is 13.2 Å². The van der Waals surface area contributed by atoms with Gasteiger partial charge in [0.1, 0.15) is 0 Å². The van der Waals surface area contributed by atoms with Gasteiger partial charge in [0.2, 0.25) is 0 Å². The molecule has 0 spiro atoms. The molecule has 1 aliphatic heterocycles. The summed E-state index contributed by atoms with van der Waals surface area (Å²) in [7, 11) is 0. The third kappa shape index (κ3) is 8.05. The number of rotatable bonds is 7. The van der Waals surface area contributed by atoms with Crippen LogP contribution in [0.5, 0.6) is 0 Å². The monoisotopic (exact) mass is 372 g/mol. The molecule has 0 saturated carbocycles. The summed E-state index contributed by atoms with van der Waals surface area (Å²) in [5.41, 5.74) is 2.25. The van der Waals surface area contributed by atoms with Crippen molar-refractivity contribution in [1.82, 2.24) is 15.5 Å². The molecule has 1 saturated heterocycles. The van der Waals surface area contributed by atoms with Crippen molar-refractivity contribution in [2.45, 2.75) is 32.6 Å². The van der Waals surface area contributed by atoms with E-state index in [1.54, 1.807) is 0 Å². The Labute approximate surface area is 152 Å². The normalized spacial score (nSPS) is 16.5. The Morgan fingerprint density at radius 3 is 2.38 bits per heavy atom. The number of guanidine groups is 1. The van der Waals surface area contributed by atoms with Crippen LogP contribution in [-0.2, 0) is 17.8 Å². The Morgan fingerprint density at radius 2 is 1.77 bits per heavy atom. The van der Waals surface area contributed by atoms with E-state index >= 15 is 0 Å². The summed E-state index contributed by atoms with van der Waals surface area (Å²) in [5, 5.41) is 5.67. The summed E-state index contributed by atoms with van der Waals surface area (Å²) in [6.45, 7) is 7.05. The largest absolute Gasteiger partial charge is 0.390 e. The van der Waals surface area contributed by atoms with E-state index in [0.717, 1.165) is 38.4 Å². The second-order valence-corrected chi connectivity index (χ2v) is 6.19. The third-order valence-electron chi connectivity index (χ3n) is 4.00. The minimum Gasteiger partial charge on any atom is -0.379 e. The van der Waals surface area contributed by atoms with Crippen LogP contribution in [0.1, 0.15) is 24.5 Å². The molecular weight excluding hydrogens is 345 g/mol. The van der Waals surface area contributed by atoms with Crippen LogP contribution in [-0.4, -0.2) is 56.4 Å². The highest BCUT2D eigenvalue weighted by molar-refractivity contribution is 5.79. The molecule has 1 aromatic rings. The highest BCUT2D eigenvalue weighted by Gasteiger charge is 2.26. The summed E-state index contributed by atoms with van der Waals surface area (Å²) in [6, 6.07) is 8.17. The molecule has 1 aliphatic rings. The average molecular weight is 372 g/mol. The Kier molecular flexibility index (Phi) is 8.18. The number of morpholine rings is 1. The lowest BCUT2D eigenvalue weighted by Gasteiger charge is -2.26. The van der Waals surface area contributed by atoms with Gasteiger partial charge in [0, 0.05) is 32.7 Å². The SMILES string of the molecule is CCNC(=NCc1ccc(CN2CCOCC2)cc1)NCCC(F)(F)F. The molecule has 0 radical (unpaired) electrons. The molecule has 1 heterocycles. The molecule has 0 atom stereocenters. The molecule has 0 bridgehead atoms. The number of hydrogen-bond donors (Lipinski definition) is 2. The Hall–Kier alpha value is -1.80. The van der Waals surface area contributed by atoms with Crippen molar-refractivity contribution < 1.29 is 17.9 Å². The van der Waals surface area contributed by atoms with Crippen LogP contribution >= 0.6 is 0 Å². The van der Waals surface area contributed by atoms with Crippen LogP contribution < -0.4 is 10.6 Å². The highest BCUT2D eigenvalue weighted by atomic mass is 19.4. The van der Waals surface area contributed by atoms with Gasteiger partial charge in [0.15, 0.2) is 5.96 Å². The first-order valence-corrected chi connectivity index (χ1v) is 8.93. The molecule has 8 heteroatoms. The van der Waals surface area contributed by atoms with Crippen LogP contribution in [0.25, 0.3) is 0 Å². The summed E-state index contributed by atoms with van der Waals surface area (Å²) in [4.78, 5) is 6.70. The van der Waals surface area contributed by atoms with E-state index in [2.05, 4.69) is 32.7 Å². The van der Waals surface area contributed by atoms with Gasteiger partial charge in [-0.3, -0.25) is 4.90 Å². The zero-order valence-electron chi connectivity index (χ0n) is 15.1. The number of nitrogens with zero attached hydrogens (tertiary/aromatic N) is 2. The zero-order chi connectivity index (χ0) is 18.8. The Balaban J connectivity index is 1.83. The van der Waals surface area contributed by atoms with Gasteiger partial charge in [0.05, 0.1) is 26.2 Å². The zero-order valence-corrected chi connectivity index (χ0v) is 15.1. The molecule has 0 amide bonds. The number of halogens is 3. The van der Waals surface area contributed by atoms with Crippen molar-refractivity contribution in [3.05, 3.63) is 35.4 Å². The number of hydrogen-bond acceptors (Lipinski definition) is 3. The van der Waals surface area contributed by atoms with Crippen molar-refractivity contribution in [1.29, 1.82) is 0 Å². The number of benzene rings is 1. The molecule has 2 N–H and O–H groups in total. The van der Waals surface area contributed by atoms with Crippen LogP contribution in [0.15, 0.2) is 29.3 Å². The van der Waals surface area contributed by atoms with Crippen molar-refractivity contribution in [3.63, 3.8) is 0 Å². The Bertz CT molecular complexity index is 555. The Morgan fingerprint density at radius 1 is 1.12 bits per heavy atom. The van der Waals surface area contributed by atoms with Gasteiger partial charge in [-0.25, -0.2) is 4.99 Å². The topological polar surface area (TPSA) is 48.9 Å². The van der Waals surface area contributed by atoms with Gasteiger partial charge >= 0.3 is 6.18 Å². The first-order chi connectivity index (χ1) is 12.5. The van der Waals surface area contributed by atoms with Gasteiger partial charge in [-0.05, 0) is 18.1 Å². The molecule has 146 valence electrons. The third-order valence-corrected chi connectivity index (χ3v) is 4.00. The first kappa shape index (κ1) is 20.5. The maximum Gasteiger partial charge on any atom is 0.390 e. The molecule has 1 aromatic carbocycles. The van der Waals surface area contributed by atoms with E-state index in [1.165, 1.54) is 5.56 Å². The second kappa shape index (κ2) is 10.4. The summed E-state index contributed by atoms with van der Waals surface area (Å²) in [5.74, 6) is 0.397. The lowest BCUT2D eigenvalue weighted by molar-refractivity contribution is -0.132. The molecule has 2 rings (SSSR count). The predicted octanol–water partition coefficient (Wildman–Crippen LogP) is 2.53. The fourth-order valence-electron chi connectivity index (χ4n) is 2.60.